The van der Waals surface area contributed by atoms with E-state index in [9.17, 15) is 4.79 Å². The summed E-state index contributed by atoms with van der Waals surface area (Å²) in [5.41, 5.74) is 5.63. The quantitative estimate of drug-likeness (QED) is 0.868. The minimum absolute atomic E-state index is 0.00966. The van der Waals surface area contributed by atoms with Crippen LogP contribution < -0.4 is 5.32 Å². The molecule has 5 nitrogen and oxygen atoms in total. The van der Waals surface area contributed by atoms with Gasteiger partial charge in [0.05, 0.1) is 0 Å². The van der Waals surface area contributed by atoms with Gasteiger partial charge in [-0.15, -0.1) is 0 Å². The van der Waals surface area contributed by atoms with Crippen LogP contribution in [-0.4, -0.2) is 40.7 Å². The largest absolute Gasteiger partial charge is 0.343 e. The highest BCUT2D eigenvalue weighted by atomic mass is 16.2. The normalized spacial score (nSPS) is 16.4. The molecule has 0 aliphatic heterocycles. The highest BCUT2D eigenvalue weighted by Gasteiger charge is 2.29. The lowest BCUT2D eigenvalue weighted by molar-refractivity contribution is 0.0819. The summed E-state index contributed by atoms with van der Waals surface area (Å²) < 4.78 is 2.06. The molecule has 1 atom stereocenters. The fraction of sp³-hybridized carbons (Fsp3) is 0.524. The number of amides is 1. The second-order valence-corrected chi connectivity index (χ2v) is 7.51. The first-order valence-electron chi connectivity index (χ1n) is 9.58. The summed E-state index contributed by atoms with van der Waals surface area (Å²) in [4.78, 5) is 14.2. The van der Waals surface area contributed by atoms with Gasteiger partial charge in [-0.25, -0.2) is 0 Å². The fourth-order valence-corrected chi connectivity index (χ4v) is 3.73. The van der Waals surface area contributed by atoms with Crippen molar-refractivity contribution >= 4 is 5.91 Å². The molecule has 0 saturated heterocycles. The Kier molecular flexibility index (Phi) is 5.77. The Morgan fingerprint density at radius 3 is 2.88 bits per heavy atom. The van der Waals surface area contributed by atoms with Crippen molar-refractivity contribution in [2.75, 3.05) is 14.1 Å². The van der Waals surface area contributed by atoms with Crippen LogP contribution in [0, 0.1) is 6.92 Å². The molecule has 2 aromatic rings. The van der Waals surface area contributed by atoms with E-state index < -0.39 is 0 Å². The van der Waals surface area contributed by atoms with Crippen LogP contribution in [0.25, 0.3) is 0 Å². The standard InChI is InChI=1S/C21H30N4O/c1-5-11-25-19-10-9-17(22-14-16-8-6-7-15(2)12-16)13-18(19)20(23-25)21(26)24(3)4/h6-8,12,17,22H,5,9-11,13-14H2,1-4H3/t17-/m0/s1. The molecule has 0 saturated carbocycles. The Morgan fingerprint density at radius 2 is 2.19 bits per heavy atom. The Morgan fingerprint density at radius 1 is 1.38 bits per heavy atom. The molecule has 5 heteroatoms. The highest BCUT2D eigenvalue weighted by molar-refractivity contribution is 5.93. The number of rotatable bonds is 6. The number of carbonyl (C=O) groups excluding carboxylic acids is 1. The van der Waals surface area contributed by atoms with Gasteiger partial charge in [-0.1, -0.05) is 36.8 Å². The number of hydrogen-bond donors (Lipinski definition) is 1. The average Bonchev–Trinajstić information content (AvgIpc) is 2.97. The van der Waals surface area contributed by atoms with Crippen LogP contribution in [0.5, 0.6) is 0 Å². The van der Waals surface area contributed by atoms with Crippen molar-refractivity contribution in [2.45, 2.75) is 58.7 Å². The zero-order valence-electron chi connectivity index (χ0n) is 16.4. The molecular formula is C21H30N4O. The zero-order chi connectivity index (χ0) is 18.7. The van der Waals surface area contributed by atoms with Crippen molar-refractivity contribution in [1.82, 2.24) is 20.0 Å². The number of hydrogen-bond acceptors (Lipinski definition) is 3. The van der Waals surface area contributed by atoms with Gasteiger partial charge < -0.3 is 10.2 Å². The Hall–Kier alpha value is -2.14. The Bertz CT molecular complexity index is 778. The third-order valence-electron chi connectivity index (χ3n) is 5.07. The summed E-state index contributed by atoms with van der Waals surface area (Å²) in [5, 5.41) is 8.35. The van der Waals surface area contributed by atoms with Crippen molar-refractivity contribution < 1.29 is 4.79 Å². The molecule has 1 aliphatic rings. The maximum atomic E-state index is 12.6. The van der Waals surface area contributed by atoms with Crippen molar-refractivity contribution in [3.05, 3.63) is 52.3 Å². The third kappa shape index (κ3) is 3.98. The molecule has 26 heavy (non-hydrogen) atoms. The summed E-state index contributed by atoms with van der Waals surface area (Å²) in [6.45, 7) is 6.01. The summed E-state index contributed by atoms with van der Waals surface area (Å²) in [6.07, 6.45) is 3.97. The van der Waals surface area contributed by atoms with Gasteiger partial charge >= 0.3 is 0 Å². The molecule has 1 aliphatic carbocycles. The number of fused-ring (bicyclic) bond motifs is 1. The molecule has 1 N–H and O–H groups in total. The Labute approximate surface area is 156 Å². The van der Waals surface area contributed by atoms with E-state index in [-0.39, 0.29) is 5.91 Å². The molecule has 0 bridgehead atoms. The first-order valence-corrected chi connectivity index (χ1v) is 9.58. The molecule has 0 unspecified atom stereocenters. The van der Waals surface area contributed by atoms with E-state index >= 15 is 0 Å². The molecule has 140 valence electrons. The van der Waals surface area contributed by atoms with E-state index in [2.05, 4.69) is 53.2 Å². The van der Waals surface area contributed by atoms with Crippen LogP contribution >= 0.6 is 0 Å². The van der Waals surface area contributed by atoms with E-state index in [0.717, 1.165) is 44.3 Å². The molecule has 1 aromatic heterocycles. The smallest absolute Gasteiger partial charge is 0.274 e. The van der Waals surface area contributed by atoms with Gasteiger partial charge in [0.15, 0.2) is 5.69 Å². The van der Waals surface area contributed by atoms with Crippen LogP contribution in [0.2, 0.25) is 0 Å². The number of aromatic nitrogens is 2. The van der Waals surface area contributed by atoms with Gasteiger partial charge in [0.2, 0.25) is 0 Å². The summed E-state index contributed by atoms with van der Waals surface area (Å²) in [5.74, 6) is 0.00966. The number of benzene rings is 1. The lowest BCUT2D eigenvalue weighted by Gasteiger charge is -2.25. The van der Waals surface area contributed by atoms with Gasteiger partial charge in [-0.2, -0.15) is 5.10 Å². The van der Waals surface area contributed by atoms with Crippen LogP contribution in [0.3, 0.4) is 0 Å². The minimum Gasteiger partial charge on any atom is -0.343 e. The van der Waals surface area contributed by atoms with Crippen LogP contribution in [0.1, 0.15) is 52.6 Å². The molecular weight excluding hydrogens is 324 g/mol. The van der Waals surface area contributed by atoms with E-state index in [4.69, 9.17) is 0 Å². The molecule has 0 fully saturated rings. The van der Waals surface area contributed by atoms with Crippen LogP contribution in [0.15, 0.2) is 24.3 Å². The second-order valence-electron chi connectivity index (χ2n) is 7.51. The van der Waals surface area contributed by atoms with Crippen LogP contribution in [-0.2, 0) is 25.9 Å². The number of aryl methyl sites for hydroxylation is 2. The fourth-order valence-electron chi connectivity index (χ4n) is 3.73. The van der Waals surface area contributed by atoms with Crippen molar-refractivity contribution in [1.29, 1.82) is 0 Å². The van der Waals surface area contributed by atoms with Crippen molar-refractivity contribution in [3.8, 4) is 0 Å². The lowest BCUT2D eigenvalue weighted by atomic mass is 9.91. The van der Waals surface area contributed by atoms with Crippen molar-refractivity contribution in [2.24, 2.45) is 0 Å². The summed E-state index contributed by atoms with van der Waals surface area (Å²) in [7, 11) is 3.59. The van der Waals surface area contributed by atoms with Gasteiger partial charge in [-0.05, 0) is 38.2 Å². The number of nitrogens with one attached hydrogen (secondary N) is 1. The third-order valence-corrected chi connectivity index (χ3v) is 5.07. The summed E-state index contributed by atoms with van der Waals surface area (Å²) in [6, 6.07) is 9.00. The van der Waals surface area contributed by atoms with Crippen LogP contribution in [0.4, 0.5) is 0 Å². The maximum Gasteiger partial charge on any atom is 0.274 e. The molecule has 0 radical (unpaired) electrons. The predicted octanol–water partition coefficient (Wildman–Crippen LogP) is 2.95. The molecule has 1 amide bonds. The van der Waals surface area contributed by atoms with E-state index in [1.54, 1.807) is 19.0 Å². The van der Waals surface area contributed by atoms with E-state index in [1.807, 2.05) is 0 Å². The SMILES string of the molecule is CCCn1nc(C(=O)N(C)C)c2c1CC[C@H](NCc1cccc(C)c1)C2. The van der Waals surface area contributed by atoms with Gasteiger partial charge in [-0.3, -0.25) is 9.48 Å². The molecule has 1 aromatic carbocycles. The van der Waals surface area contributed by atoms with Crippen molar-refractivity contribution in [3.63, 3.8) is 0 Å². The number of nitrogens with zero attached hydrogens (tertiary/aromatic N) is 3. The molecule has 1 heterocycles. The summed E-state index contributed by atoms with van der Waals surface area (Å²) >= 11 is 0. The monoisotopic (exact) mass is 354 g/mol. The maximum absolute atomic E-state index is 12.6. The first-order chi connectivity index (χ1) is 12.5. The topological polar surface area (TPSA) is 50.2 Å². The first kappa shape index (κ1) is 18.6. The minimum atomic E-state index is 0.00966. The van der Waals surface area contributed by atoms with E-state index in [0.29, 0.717) is 11.7 Å². The lowest BCUT2D eigenvalue weighted by Crippen LogP contribution is -2.35. The highest BCUT2D eigenvalue weighted by Crippen LogP contribution is 2.26. The average molecular weight is 354 g/mol. The molecule has 0 spiro atoms. The second kappa shape index (κ2) is 8.04. The molecule has 3 rings (SSSR count). The van der Waals surface area contributed by atoms with Gasteiger partial charge in [0, 0.05) is 44.5 Å². The van der Waals surface area contributed by atoms with Gasteiger partial charge in [0.1, 0.15) is 0 Å². The number of carbonyl (C=O) groups is 1. The predicted molar refractivity (Wildman–Crippen MR) is 104 cm³/mol. The van der Waals surface area contributed by atoms with E-state index in [1.165, 1.54) is 16.8 Å². The van der Waals surface area contributed by atoms with Gasteiger partial charge in [0.25, 0.3) is 5.91 Å². The zero-order valence-corrected chi connectivity index (χ0v) is 16.4. The Balaban J connectivity index is 1.76.